The van der Waals surface area contributed by atoms with Crippen LogP contribution in [-0.4, -0.2) is 45.5 Å². The first-order chi connectivity index (χ1) is 10.2. The number of ether oxygens (including phenoxy) is 3. The number of aryl methyl sites for hydroxylation is 1. The normalized spacial score (nSPS) is 21.8. The Morgan fingerprint density at radius 2 is 2.19 bits per heavy atom. The number of methoxy groups -OCH3 is 2. The molecule has 0 bridgehead atoms. The first-order valence-corrected chi connectivity index (χ1v) is 7.26. The number of hydrogen-bond donors (Lipinski definition) is 1. The predicted octanol–water partition coefficient (Wildman–Crippen LogP) is 1.55. The van der Waals surface area contributed by atoms with Gasteiger partial charge in [0, 0.05) is 20.1 Å². The quantitative estimate of drug-likeness (QED) is 0.864. The van der Waals surface area contributed by atoms with Crippen LogP contribution in [0.15, 0.2) is 24.3 Å². The highest BCUT2D eigenvalue weighted by Gasteiger charge is 2.26. The Balaban J connectivity index is 1.84. The molecule has 5 nitrogen and oxygen atoms in total. The highest BCUT2D eigenvalue weighted by Crippen LogP contribution is 2.19. The molecule has 0 radical (unpaired) electrons. The molecule has 0 aliphatic carbocycles. The average Bonchev–Trinajstić information content (AvgIpc) is 2.53. The molecule has 0 aromatic heterocycles. The molecular formula is C16H23NO4. The Morgan fingerprint density at radius 3 is 2.95 bits per heavy atom. The van der Waals surface area contributed by atoms with Gasteiger partial charge in [0.1, 0.15) is 11.9 Å². The van der Waals surface area contributed by atoms with E-state index in [9.17, 15) is 4.79 Å². The third kappa shape index (κ3) is 4.44. The molecule has 2 rings (SSSR count). The van der Waals surface area contributed by atoms with Crippen molar-refractivity contribution in [1.29, 1.82) is 0 Å². The summed E-state index contributed by atoms with van der Waals surface area (Å²) >= 11 is 0. The van der Waals surface area contributed by atoms with Crippen LogP contribution in [0.25, 0.3) is 0 Å². The van der Waals surface area contributed by atoms with Crippen molar-refractivity contribution in [2.45, 2.75) is 31.4 Å². The second-order valence-corrected chi connectivity index (χ2v) is 5.12. The van der Waals surface area contributed by atoms with E-state index in [-0.39, 0.29) is 18.1 Å². The van der Waals surface area contributed by atoms with Gasteiger partial charge in [0.2, 0.25) is 5.91 Å². The Labute approximate surface area is 125 Å². The van der Waals surface area contributed by atoms with Gasteiger partial charge < -0.3 is 19.5 Å². The van der Waals surface area contributed by atoms with E-state index in [1.807, 2.05) is 24.3 Å². The van der Waals surface area contributed by atoms with Crippen molar-refractivity contribution in [1.82, 2.24) is 5.32 Å². The smallest absolute Gasteiger partial charge is 0.220 e. The monoisotopic (exact) mass is 293 g/mol. The topological polar surface area (TPSA) is 56.8 Å². The summed E-state index contributed by atoms with van der Waals surface area (Å²) in [6, 6.07) is 7.81. The number of carbonyl (C=O) groups is 1. The zero-order valence-electron chi connectivity index (χ0n) is 12.6. The average molecular weight is 293 g/mol. The van der Waals surface area contributed by atoms with Gasteiger partial charge in [-0.3, -0.25) is 4.79 Å². The van der Waals surface area contributed by atoms with E-state index in [0.717, 1.165) is 17.7 Å². The van der Waals surface area contributed by atoms with Crippen LogP contribution < -0.4 is 10.1 Å². The third-order valence-corrected chi connectivity index (χ3v) is 3.77. The Bertz CT molecular complexity index is 463. The lowest BCUT2D eigenvalue weighted by molar-refractivity contribution is -0.125. The van der Waals surface area contributed by atoms with Gasteiger partial charge in [0.05, 0.1) is 19.8 Å². The molecule has 0 spiro atoms. The number of carbonyl (C=O) groups excluding carboxylic acids is 1. The van der Waals surface area contributed by atoms with Crippen molar-refractivity contribution < 1.29 is 19.0 Å². The van der Waals surface area contributed by atoms with Gasteiger partial charge in [0.15, 0.2) is 0 Å². The van der Waals surface area contributed by atoms with Gasteiger partial charge >= 0.3 is 0 Å². The number of rotatable bonds is 6. The fourth-order valence-electron chi connectivity index (χ4n) is 2.55. The maximum Gasteiger partial charge on any atom is 0.220 e. The van der Waals surface area contributed by atoms with Crippen molar-refractivity contribution in [3.8, 4) is 5.75 Å². The molecule has 2 atom stereocenters. The van der Waals surface area contributed by atoms with Crippen molar-refractivity contribution in [3.05, 3.63) is 29.8 Å². The van der Waals surface area contributed by atoms with Crippen LogP contribution in [0.2, 0.25) is 0 Å². The van der Waals surface area contributed by atoms with Crippen molar-refractivity contribution in [2.24, 2.45) is 0 Å². The van der Waals surface area contributed by atoms with Crippen molar-refractivity contribution in [3.63, 3.8) is 0 Å². The van der Waals surface area contributed by atoms with Crippen LogP contribution in [0.3, 0.4) is 0 Å². The fourth-order valence-corrected chi connectivity index (χ4v) is 2.55. The molecule has 0 unspecified atom stereocenters. The lowest BCUT2D eigenvalue weighted by atomic mass is 10.0. The van der Waals surface area contributed by atoms with Gasteiger partial charge in [-0.2, -0.15) is 0 Å². The van der Waals surface area contributed by atoms with Crippen LogP contribution >= 0.6 is 0 Å². The summed E-state index contributed by atoms with van der Waals surface area (Å²) < 4.78 is 16.0. The second-order valence-electron chi connectivity index (χ2n) is 5.12. The van der Waals surface area contributed by atoms with Crippen LogP contribution in [0.1, 0.15) is 18.4 Å². The molecule has 21 heavy (non-hydrogen) atoms. The van der Waals surface area contributed by atoms with Crippen LogP contribution in [0, 0.1) is 0 Å². The second kappa shape index (κ2) is 8.00. The Kier molecular flexibility index (Phi) is 6.02. The molecule has 1 aromatic rings. The minimum atomic E-state index is -0.0611. The number of nitrogens with one attached hydrogen (secondary N) is 1. The molecular weight excluding hydrogens is 270 g/mol. The minimum Gasteiger partial charge on any atom is -0.496 e. The summed E-state index contributed by atoms with van der Waals surface area (Å²) in [6.07, 6.45) is 1.83. The number of hydrogen-bond acceptors (Lipinski definition) is 4. The van der Waals surface area contributed by atoms with E-state index in [1.165, 1.54) is 0 Å². The Morgan fingerprint density at radius 1 is 1.38 bits per heavy atom. The van der Waals surface area contributed by atoms with Crippen molar-refractivity contribution in [2.75, 3.05) is 27.4 Å². The van der Waals surface area contributed by atoms with Gasteiger partial charge in [-0.05, 0) is 24.5 Å². The standard InChI is InChI=1S/C16H23NO4/c1-19-14-6-4-3-5-12(14)7-8-16(18)17-13-9-10-21-11-15(13)20-2/h3-6,13,15H,7-11H2,1-2H3,(H,17,18)/t13-,15-/m1/s1. The molecule has 5 heteroatoms. The van der Waals surface area contributed by atoms with E-state index in [0.29, 0.717) is 26.1 Å². The summed E-state index contributed by atoms with van der Waals surface area (Å²) in [5, 5.41) is 3.04. The number of para-hydroxylation sites is 1. The third-order valence-electron chi connectivity index (χ3n) is 3.77. The fraction of sp³-hybridized carbons (Fsp3) is 0.562. The van der Waals surface area contributed by atoms with E-state index in [4.69, 9.17) is 14.2 Å². The van der Waals surface area contributed by atoms with E-state index < -0.39 is 0 Å². The van der Waals surface area contributed by atoms with Gasteiger partial charge in [-0.25, -0.2) is 0 Å². The molecule has 1 fully saturated rings. The highest BCUT2D eigenvalue weighted by atomic mass is 16.5. The molecule has 1 N–H and O–H groups in total. The molecule has 0 saturated carbocycles. The summed E-state index contributed by atoms with van der Waals surface area (Å²) in [4.78, 5) is 12.1. The SMILES string of the molecule is COc1ccccc1CCC(=O)N[C@@H]1CCOC[C@H]1OC. The van der Waals surface area contributed by atoms with Gasteiger partial charge in [-0.15, -0.1) is 0 Å². The predicted molar refractivity (Wildman–Crippen MR) is 79.5 cm³/mol. The van der Waals surface area contributed by atoms with Crippen LogP contribution in [0.5, 0.6) is 5.75 Å². The number of benzene rings is 1. The first kappa shape index (κ1) is 15.8. The van der Waals surface area contributed by atoms with Gasteiger partial charge in [-0.1, -0.05) is 18.2 Å². The minimum absolute atomic E-state index is 0.0360. The maximum atomic E-state index is 12.1. The summed E-state index contributed by atoms with van der Waals surface area (Å²) in [5.74, 6) is 0.862. The zero-order valence-corrected chi connectivity index (χ0v) is 12.6. The summed E-state index contributed by atoms with van der Waals surface area (Å²) in [7, 11) is 3.29. The maximum absolute atomic E-state index is 12.1. The molecule has 1 amide bonds. The lowest BCUT2D eigenvalue weighted by Gasteiger charge is -2.31. The zero-order chi connectivity index (χ0) is 15.1. The lowest BCUT2D eigenvalue weighted by Crippen LogP contribution is -2.49. The summed E-state index contributed by atoms with van der Waals surface area (Å²) in [6.45, 7) is 1.20. The molecule has 1 saturated heterocycles. The van der Waals surface area contributed by atoms with E-state index >= 15 is 0 Å². The highest BCUT2D eigenvalue weighted by molar-refractivity contribution is 5.76. The molecule has 116 valence electrons. The summed E-state index contributed by atoms with van der Waals surface area (Å²) in [5.41, 5.74) is 1.05. The van der Waals surface area contributed by atoms with Crippen LogP contribution in [-0.2, 0) is 20.7 Å². The molecule has 1 aliphatic heterocycles. The van der Waals surface area contributed by atoms with Crippen molar-refractivity contribution >= 4 is 5.91 Å². The molecule has 1 aliphatic rings. The largest absolute Gasteiger partial charge is 0.496 e. The van der Waals surface area contributed by atoms with Gasteiger partial charge in [0.25, 0.3) is 0 Å². The molecule has 1 aromatic carbocycles. The first-order valence-electron chi connectivity index (χ1n) is 7.26. The van der Waals surface area contributed by atoms with Crippen LogP contribution in [0.4, 0.5) is 0 Å². The molecule has 1 heterocycles. The number of amides is 1. The van der Waals surface area contributed by atoms with E-state index in [2.05, 4.69) is 5.32 Å². The van der Waals surface area contributed by atoms with E-state index in [1.54, 1.807) is 14.2 Å². The Hall–Kier alpha value is -1.59.